The van der Waals surface area contributed by atoms with Crippen LogP contribution in [0, 0.1) is 5.41 Å². The molecule has 0 saturated heterocycles. The van der Waals surface area contributed by atoms with Crippen LogP contribution in [0.15, 0.2) is 18.2 Å². The first-order valence-corrected chi connectivity index (χ1v) is 6.41. The second kappa shape index (κ2) is 4.39. The Balaban J connectivity index is 2.39. The van der Waals surface area contributed by atoms with E-state index >= 15 is 0 Å². The predicted octanol–water partition coefficient (Wildman–Crippen LogP) is 2.51. The van der Waals surface area contributed by atoms with E-state index in [0.29, 0.717) is 12.5 Å². The van der Waals surface area contributed by atoms with E-state index in [1.165, 1.54) is 5.56 Å². The Morgan fingerprint density at radius 1 is 1.33 bits per heavy atom. The average molecular weight is 246 g/mol. The third kappa shape index (κ3) is 2.15. The summed E-state index contributed by atoms with van der Waals surface area (Å²) in [7, 11) is 3.83. The van der Waals surface area contributed by atoms with E-state index in [9.17, 15) is 4.79 Å². The van der Waals surface area contributed by atoms with Crippen molar-refractivity contribution in [3.63, 3.8) is 0 Å². The van der Waals surface area contributed by atoms with Gasteiger partial charge in [-0.25, -0.2) is 0 Å². The van der Waals surface area contributed by atoms with Gasteiger partial charge in [-0.15, -0.1) is 0 Å². The van der Waals surface area contributed by atoms with Crippen LogP contribution in [-0.2, 0) is 11.2 Å². The number of fused-ring (bicyclic) bond motifs is 1. The van der Waals surface area contributed by atoms with Crippen molar-refractivity contribution in [3.05, 3.63) is 29.3 Å². The predicted molar refractivity (Wildman–Crippen MR) is 74.8 cm³/mol. The fraction of sp³-hybridized carbons (Fsp3) is 0.533. The van der Waals surface area contributed by atoms with Gasteiger partial charge in [0.2, 0.25) is 5.91 Å². The molecule has 0 radical (unpaired) electrons. The summed E-state index contributed by atoms with van der Waals surface area (Å²) in [6.45, 7) is 6.66. The molecule has 0 spiro atoms. The number of anilines is 1. The molecule has 0 fully saturated rings. The molecule has 1 aliphatic rings. The number of rotatable bonds is 2. The Morgan fingerprint density at radius 3 is 2.56 bits per heavy atom. The second-order valence-corrected chi connectivity index (χ2v) is 6.11. The zero-order valence-electron chi connectivity index (χ0n) is 11.9. The van der Waals surface area contributed by atoms with Crippen LogP contribution in [0.3, 0.4) is 0 Å². The molecule has 1 unspecified atom stereocenters. The summed E-state index contributed by atoms with van der Waals surface area (Å²) in [6.07, 6.45) is 0.528. The molecule has 0 saturated carbocycles. The van der Waals surface area contributed by atoms with Crippen LogP contribution in [0.4, 0.5) is 5.69 Å². The Kier molecular flexibility index (Phi) is 3.20. The lowest BCUT2D eigenvalue weighted by atomic mass is 9.82. The van der Waals surface area contributed by atoms with Gasteiger partial charge in [0.25, 0.3) is 0 Å². The minimum absolute atomic E-state index is 0.150. The number of carbonyl (C=O) groups is 1. The van der Waals surface area contributed by atoms with E-state index in [0.717, 1.165) is 11.3 Å². The minimum Gasteiger partial charge on any atom is -0.315 e. The molecule has 0 aromatic heterocycles. The summed E-state index contributed by atoms with van der Waals surface area (Å²) < 4.78 is 0. The molecular weight excluding hydrogens is 224 g/mol. The number of nitrogens with zero attached hydrogens (tertiary/aromatic N) is 1. The molecule has 1 atom stereocenters. The summed E-state index contributed by atoms with van der Waals surface area (Å²) in [4.78, 5) is 13.4. The van der Waals surface area contributed by atoms with Crippen LogP contribution in [0.5, 0.6) is 0 Å². The smallest absolute Gasteiger partial charge is 0.231 e. The van der Waals surface area contributed by atoms with Crippen LogP contribution in [0.1, 0.15) is 37.9 Å². The molecule has 0 aliphatic carbocycles. The van der Waals surface area contributed by atoms with Crippen molar-refractivity contribution in [1.29, 1.82) is 0 Å². The summed E-state index contributed by atoms with van der Waals surface area (Å²) >= 11 is 0. The number of benzene rings is 1. The van der Waals surface area contributed by atoms with E-state index in [4.69, 9.17) is 0 Å². The van der Waals surface area contributed by atoms with Crippen LogP contribution >= 0.6 is 0 Å². The number of hydrogen-bond acceptors (Lipinski definition) is 2. The lowest BCUT2D eigenvalue weighted by Gasteiger charge is -2.31. The number of nitrogens with one attached hydrogen (secondary N) is 1. The van der Waals surface area contributed by atoms with Crippen LogP contribution in [0.25, 0.3) is 0 Å². The second-order valence-electron chi connectivity index (χ2n) is 6.11. The summed E-state index contributed by atoms with van der Waals surface area (Å²) in [5, 5.41) is 3.37. The van der Waals surface area contributed by atoms with Crippen molar-refractivity contribution in [2.24, 2.45) is 5.41 Å². The molecule has 1 aliphatic heterocycles. The largest absolute Gasteiger partial charge is 0.315 e. The van der Waals surface area contributed by atoms with Crippen LogP contribution in [-0.4, -0.2) is 20.0 Å². The zero-order chi connectivity index (χ0) is 13.5. The Hall–Kier alpha value is -1.35. The van der Waals surface area contributed by atoms with Gasteiger partial charge in [0.15, 0.2) is 0 Å². The van der Waals surface area contributed by atoms with E-state index in [2.05, 4.69) is 44.3 Å². The zero-order valence-corrected chi connectivity index (χ0v) is 11.9. The molecule has 3 nitrogen and oxygen atoms in total. The quantitative estimate of drug-likeness (QED) is 0.869. The third-order valence-corrected chi connectivity index (χ3v) is 3.67. The average Bonchev–Trinajstić information content (AvgIpc) is 2.53. The molecule has 1 heterocycles. The van der Waals surface area contributed by atoms with Crippen LogP contribution in [0.2, 0.25) is 0 Å². The first kappa shape index (κ1) is 13.1. The number of likely N-dealkylation sites (N-methyl/N-ethyl adjacent to an activating group) is 1. The van der Waals surface area contributed by atoms with Crippen molar-refractivity contribution in [1.82, 2.24) is 5.32 Å². The lowest BCUT2D eigenvalue weighted by molar-refractivity contribution is -0.117. The standard InChI is InChI=1S/C15H22N2O/c1-15(2,3)14(16-4)10-6-7-12-11(8-10)9-13(18)17(12)5/h6-8,14,16H,9H2,1-5H3. The van der Waals surface area contributed by atoms with Gasteiger partial charge in [-0.05, 0) is 29.7 Å². The van der Waals surface area contributed by atoms with Crippen molar-refractivity contribution < 1.29 is 4.79 Å². The highest BCUT2D eigenvalue weighted by atomic mass is 16.2. The van der Waals surface area contributed by atoms with Gasteiger partial charge < -0.3 is 10.2 Å². The molecule has 18 heavy (non-hydrogen) atoms. The number of carbonyl (C=O) groups excluding carboxylic acids is 1. The van der Waals surface area contributed by atoms with Gasteiger partial charge in [-0.1, -0.05) is 32.9 Å². The van der Waals surface area contributed by atoms with Gasteiger partial charge in [0.1, 0.15) is 0 Å². The molecule has 1 aromatic rings. The molecule has 2 rings (SSSR count). The lowest BCUT2D eigenvalue weighted by Crippen LogP contribution is -2.29. The van der Waals surface area contributed by atoms with Gasteiger partial charge in [0, 0.05) is 18.8 Å². The molecule has 1 aromatic carbocycles. The number of amides is 1. The number of hydrogen-bond donors (Lipinski definition) is 1. The highest BCUT2D eigenvalue weighted by Crippen LogP contribution is 2.36. The molecular formula is C15H22N2O. The first-order valence-electron chi connectivity index (χ1n) is 6.41. The SMILES string of the molecule is CNC(c1ccc2c(c1)CC(=O)N2C)C(C)(C)C. The monoisotopic (exact) mass is 246 g/mol. The third-order valence-electron chi connectivity index (χ3n) is 3.67. The Morgan fingerprint density at radius 2 is 2.00 bits per heavy atom. The molecule has 1 N–H and O–H groups in total. The molecule has 98 valence electrons. The van der Waals surface area contributed by atoms with Crippen LogP contribution < -0.4 is 10.2 Å². The fourth-order valence-electron chi connectivity index (χ4n) is 2.77. The summed E-state index contributed by atoms with van der Waals surface area (Å²) in [6, 6.07) is 6.65. The highest BCUT2D eigenvalue weighted by Gasteiger charge is 2.28. The maximum Gasteiger partial charge on any atom is 0.231 e. The van der Waals surface area contributed by atoms with Gasteiger partial charge in [-0.2, -0.15) is 0 Å². The minimum atomic E-state index is 0.150. The first-order chi connectivity index (χ1) is 8.34. The van der Waals surface area contributed by atoms with E-state index in [-0.39, 0.29) is 11.3 Å². The van der Waals surface area contributed by atoms with Crippen molar-refractivity contribution in [2.75, 3.05) is 19.0 Å². The van der Waals surface area contributed by atoms with Gasteiger partial charge in [0.05, 0.1) is 6.42 Å². The van der Waals surface area contributed by atoms with E-state index < -0.39 is 0 Å². The van der Waals surface area contributed by atoms with E-state index in [1.807, 2.05) is 14.1 Å². The summed E-state index contributed by atoms with van der Waals surface area (Å²) in [5.41, 5.74) is 3.60. The van der Waals surface area contributed by atoms with Gasteiger partial charge in [-0.3, -0.25) is 4.79 Å². The Labute approximate surface area is 109 Å². The fourth-order valence-corrected chi connectivity index (χ4v) is 2.77. The molecule has 3 heteroatoms. The van der Waals surface area contributed by atoms with E-state index in [1.54, 1.807) is 4.90 Å². The van der Waals surface area contributed by atoms with Gasteiger partial charge >= 0.3 is 0 Å². The highest BCUT2D eigenvalue weighted by molar-refractivity contribution is 6.00. The van der Waals surface area contributed by atoms with Crippen molar-refractivity contribution >= 4 is 11.6 Å². The van der Waals surface area contributed by atoms with Crippen molar-refractivity contribution in [2.45, 2.75) is 33.2 Å². The molecule has 1 amide bonds. The molecule has 0 bridgehead atoms. The Bertz CT molecular complexity index is 474. The topological polar surface area (TPSA) is 32.3 Å². The normalized spacial score (nSPS) is 16.9. The van der Waals surface area contributed by atoms with Crippen molar-refractivity contribution in [3.8, 4) is 0 Å². The summed E-state index contributed by atoms with van der Waals surface area (Å²) in [5.74, 6) is 0.180. The maximum atomic E-state index is 11.7. The maximum absolute atomic E-state index is 11.7.